The fourth-order valence-electron chi connectivity index (χ4n) is 1.66. The van der Waals surface area contributed by atoms with Gasteiger partial charge in [0.05, 0.1) is 12.7 Å². The summed E-state index contributed by atoms with van der Waals surface area (Å²) >= 11 is 5.97. The maximum absolute atomic E-state index is 12.9. The molecule has 0 aliphatic rings. The Bertz CT molecular complexity index is 537. The zero-order chi connectivity index (χ0) is 12.4. The first-order valence-electron chi connectivity index (χ1n) is 5.27. The van der Waals surface area contributed by atoms with Gasteiger partial charge >= 0.3 is 0 Å². The van der Waals surface area contributed by atoms with Crippen LogP contribution in [-0.4, -0.2) is 9.78 Å². The molecule has 3 nitrogen and oxygen atoms in total. The molecule has 0 radical (unpaired) electrons. The van der Waals surface area contributed by atoms with Crippen molar-refractivity contribution in [1.29, 1.82) is 0 Å². The maximum atomic E-state index is 12.9. The van der Waals surface area contributed by atoms with Gasteiger partial charge in [-0.2, -0.15) is 5.10 Å². The smallest absolute Gasteiger partial charge is 0.124 e. The monoisotopic (exact) mass is 253 g/mol. The molecule has 5 heteroatoms. The van der Waals surface area contributed by atoms with Crippen molar-refractivity contribution in [3.8, 4) is 0 Å². The van der Waals surface area contributed by atoms with E-state index in [2.05, 4.69) is 5.10 Å². The van der Waals surface area contributed by atoms with Crippen LogP contribution in [-0.2, 0) is 13.1 Å². The molecule has 0 fully saturated rings. The van der Waals surface area contributed by atoms with Gasteiger partial charge in [-0.15, -0.1) is 0 Å². The van der Waals surface area contributed by atoms with Crippen LogP contribution in [0.1, 0.15) is 16.8 Å². The summed E-state index contributed by atoms with van der Waals surface area (Å²) in [5, 5.41) is 4.64. The van der Waals surface area contributed by atoms with Gasteiger partial charge in [0.15, 0.2) is 0 Å². The molecule has 2 N–H and O–H groups in total. The van der Waals surface area contributed by atoms with Gasteiger partial charge < -0.3 is 5.73 Å². The number of halogens is 2. The van der Waals surface area contributed by atoms with Gasteiger partial charge in [-0.3, -0.25) is 4.68 Å². The number of benzene rings is 1. The highest BCUT2D eigenvalue weighted by molar-refractivity contribution is 6.31. The Labute approximate surface area is 104 Å². The van der Waals surface area contributed by atoms with E-state index < -0.39 is 0 Å². The maximum Gasteiger partial charge on any atom is 0.124 e. The van der Waals surface area contributed by atoms with Gasteiger partial charge in [0.1, 0.15) is 5.82 Å². The molecule has 0 atom stereocenters. The minimum atomic E-state index is -0.335. The van der Waals surface area contributed by atoms with E-state index in [9.17, 15) is 4.39 Å². The number of hydrogen-bond donors (Lipinski definition) is 1. The largest absolute Gasteiger partial charge is 0.326 e. The van der Waals surface area contributed by atoms with Crippen molar-refractivity contribution < 1.29 is 4.39 Å². The topological polar surface area (TPSA) is 43.8 Å². The SMILES string of the molecule is Cc1c(CN)cnn1Cc1ccc(F)cc1Cl. The Kier molecular flexibility index (Phi) is 3.45. The van der Waals surface area contributed by atoms with Gasteiger partial charge in [0.25, 0.3) is 0 Å². The summed E-state index contributed by atoms with van der Waals surface area (Å²) < 4.78 is 14.7. The van der Waals surface area contributed by atoms with E-state index in [1.165, 1.54) is 12.1 Å². The molecule has 0 aliphatic heterocycles. The van der Waals surface area contributed by atoms with Gasteiger partial charge in [-0.1, -0.05) is 17.7 Å². The lowest BCUT2D eigenvalue weighted by atomic mass is 10.2. The Morgan fingerprint density at radius 3 is 2.76 bits per heavy atom. The van der Waals surface area contributed by atoms with Crippen molar-refractivity contribution in [3.05, 3.63) is 52.1 Å². The second-order valence-electron chi connectivity index (χ2n) is 3.85. The van der Waals surface area contributed by atoms with Crippen molar-refractivity contribution in [1.82, 2.24) is 9.78 Å². The molecule has 0 bridgehead atoms. The molecule has 1 heterocycles. The first-order chi connectivity index (χ1) is 8.11. The second kappa shape index (κ2) is 4.85. The Hall–Kier alpha value is -1.39. The zero-order valence-corrected chi connectivity index (χ0v) is 10.2. The zero-order valence-electron chi connectivity index (χ0n) is 9.45. The van der Waals surface area contributed by atoms with Gasteiger partial charge in [0, 0.05) is 22.8 Å². The average Bonchev–Trinajstić information content (AvgIpc) is 2.64. The van der Waals surface area contributed by atoms with Crippen LogP contribution in [0.25, 0.3) is 0 Å². The molecule has 0 unspecified atom stereocenters. The molecular formula is C12H13ClFN3. The van der Waals surface area contributed by atoms with Gasteiger partial charge in [-0.05, 0) is 24.6 Å². The van der Waals surface area contributed by atoms with Crippen LogP contribution in [0, 0.1) is 12.7 Å². The molecule has 2 rings (SSSR count). The summed E-state index contributed by atoms with van der Waals surface area (Å²) in [7, 11) is 0. The van der Waals surface area contributed by atoms with Crippen molar-refractivity contribution in [3.63, 3.8) is 0 Å². The van der Waals surface area contributed by atoms with Gasteiger partial charge in [0.2, 0.25) is 0 Å². The summed E-state index contributed by atoms with van der Waals surface area (Å²) in [6.07, 6.45) is 1.74. The van der Waals surface area contributed by atoms with E-state index in [1.54, 1.807) is 16.9 Å². The lowest BCUT2D eigenvalue weighted by molar-refractivity contribution is 0.623. The fourth-order valence-corrected chi connectivity index (χ4v) is 1.88. The predicted molar refractivity (Wildman–Crippen MR) is 65.4 cm³/mol. The molecule has 0 saturated heterocycles. The van der Waals surface area contributed by atoms with Crippen LogP contribution in [0.5, 0.6) is 0 Å². The molecule has 0 saturated carbocycles. The van der Waals surface area contributed by atoms with Crippen LogP contribution in [0.15, 0.2) is 24.4 Å². The lowest BCUT2D eigenvalue weighted by Crippen LogP contribution is -2.06. The minimum absolute atomic E-state index is 0.335. The molecule has 0 spiro atoms. The van der Waals surface area contributed by atoms with Crippen LogP contribution >= 0.6 is 11.6 Å². The number of rotatable bonds is 3. The highest BCUT2D eigenvalue weighted by atomic mass is 35.5. The second-order valence-corrected chi connectivity index (χ2v) is 4.26. The molecule has 2 aromatic rings. The highest BCUT2D eigenvalue weighted by Gasteiger charge is 2.08. The quantitative estimate of drug-likeness (QED) is 0.913. The molecule has 1 aromatic heterocycles. The summed E-state index contributed by atoms with van der Waals surface area (Å²) in [5.41, 5.74) is 8.42. The van der Waals surface area contributed by atoms with E-state index in [-0.39, 0.29) is 5.82 Å². The van der Waals surface area contributed by atoms with E-state index >= 15 is 0 Å². The standard InChI is InChI=1S/C12H13ClFN3/c1-8-10(5-15)6-16-17(8)7-9-2-3-11(14)4-12(9)13/h2-4,6H,5,7,15H2,1H3. The number of nitrogens with two attached hydrogens (primary N) is 1. The Morgan fingerprint density at radius 2 is 2.18 bits per heavy atom. The summed E-state index contributed by atoms with van der Waals surface area (Å²) in [5.74, 6) is -0.335. The van der Waals surface area contributed by atoms with Crippen LogP contribution in [0.4, 0.5) is 4.39 Å². The molecular weight excluding hydrogens is 241 g/mol. The van der Waals surface area contributed by atoms with Gasteiger partial charge in [-0.25, -0.2) is 4.39 Å². The minimum Gasteiger partial charge on any atom is -0.326 e. The number of nitrogens with zero attached hydrogens (tertiary/aromatic N) is 2. The summed E-state index contributed by atoms with van der Waals surface area (Å²) in [6.45, 7) is 2.93. The fraction of sp³-hybridized carbons (Fsp3) is 0.250. The van der Waals surface area contributed by atoms with E-state index in [4.69, 9.17) is 17.3 Å². The number of hydrogen-bond acceptors (Lipinski definition) is 2. The van der Waals surface area contributed by atoms with E-state index in [1.807, 2.05) is 6.92 Å². The molecule has 90 valence electrons. The van der Waals surface area contributed by atoms with E-state index in [0.717, 1.165) is 16.8 Å². The third-order valence-electron chi connectivity index (χ3n) is 2.76. The Morgan fingerprint density at radius 1 is 1.41 bits per heavy atom. The third kappa shape index (κ3) is 2.48. The van der Waals surface area contributed by atoms with Crippen LogP contribution in [0.3, 0.4) is 0 Å². The van der Waals surface area contributed by atoms with Crippen LogP contribution in [0.2, 0.25) is 5.02 Å². The molecule has 17 heavy (non-hydrogen) atoms. The lowest BCUT2D eigenvalue weighted by Gasteiger charge is -2.07. The molecule has 1 aromatic carbocycles. The number of aromatic nitrogens is 2. The van der Waals surface area contributed by atoms with Crippen LogP contribution < -0.4 is 5.73 Å². The summed E-state index contributed by atoms with van der Waals surface area (Å²) in [4.78, 5) is 0. The Balaban J connectivity index is 2.28. The van der Waals surface area contributed by atoms with Crippen molar-refractivity contribution in [2.75, 3.05) is 0 Å². The molecule has 0 amide bonds. The van der Waals surface area contributed by atoms with Crippen molar-refractivity contribution >= 4 is 11.6 Å². The average molecular weight is 254 g/mol. The predicted octanol–water partition coefficient (Wildman–Crippen LogP) is 2.49. The first-order valence-corrected chi connectivity index (χ1v) is 5.65. The van der Waals surface area contributed by atoms with E-state index in [0.29, 0.717) is 18.1 Å². The summed E-state index contributed by atoms with van der Waals surface area (Å²) in [6, 6.07) is 4.37. The van der Waals surface area contributed by atoms with Crippen molar-refractivity contribution in [2.45, 2.75) is 20.0 Å². The highest BCUT2D eigenvalue weighted by Crippen LogP contribution is 2.19. The first kappa shape index (κ1) is 12.1. The molecule has 0 aliphatic carbocycles. The van der Waals surface area contributed by atoms with Crippen molar-refractivity contribution in [2.24, 2.45) is 5.73 Å². The third-order valence-corrected chi connectivity index (χ3v) is 3.11. The normalized spacial score (nSPS) is 10.8.